The van der Waals surface area contributed by atoms with Crippen LogP contribution in [-0.2, 0) is 16.1 Å². The van der Waals surface area contributed by atoms with Crippen LogP contribution in [0.5, 0.6) is 0 Å². The average Bonchev–Trinajstić information content (AvgIpc) is 2.38. The first kappa shape index (κ1) is 13.6. The second-order valence-electron chi connectivity index (χ2n) is 5.08. The summed E-state index contributed by atoms with van der Waals surface area (Å²) in [6, 6.07) is 5.82. The van der Waals surface area contributed by atoms with Crippen molar-refractivity contribution in [1.82, 2.24) is 10.2 Å². The first-order valence-corrected chi connectivity index (χ1v) is 6.66. The van der Waals surface area contributed by atoms with Crippen LogP contribution in [0.1, 0.15) is 30.0 Å². The molecule has 1 aliphatic rings. The van der Waals surface area contributed by atoms with Crippen LogP contribution >= 0.6 is 0 Å². The van der Waals surface area contributed by atoms with E-state index >= 15 is 0 Å². The molecule has 1 aromatic carbocycles. The number of carbonyl (C=O) groups excluding carboxylic acids is 2. The number of benzene rings is 1. The van der Waals surface area contributed by atoms with Gasteiger partial charge in [-0.05, 0) is 37.0 Å². The molecule has 102 valence electrons. The molecule has 19 heavy (non-hydrogen) atoms. The number of amides is 2. The smallest absolute Gasteiger partial charge is 0.243 e. The van der Waals surface area contributed by atoms with Gasteiger partial charge in [0.25, 0.3) is 0 Å². The van der Waals surface area contributed by atoms with E-state index in [4.69, 9.17) is 0 Å². The van der Waals surface area contributed by atoms with Gasteiger partial charge >= 0.3 is 0 Å². The Morgan fingerprint density at radius 3 is 2.63 bits per heavy atom. The number of aryl methyl sites for hydroxylation is 2. The third-order valence-electron chi connectivity index (χ3n) is 3.72. The fraction of sp³-hybridized carbons (Fsp3) is 0.467. The van der Waals surface area contributed by atoms with Crippen molar-refractivity contribution in [2.24, 2.45) is 0 Å². The third-order valence-corrected chi connectivity index (χ3v) is 3.72. The lowest BCUT2D eigenvalue weighted by molar-refractivity contribution is -0.146. The predicted molar refractivity (Wildman–Crippen MR) is 73.6 cm³/mol. The van der Waals surface area contributed by atoms with Crippen molar-refractivity contribution in [3.05, 3.63) is 34.9 Å². The van der Waals surface area contributed by atoms with E-state index in [2.05, 4.69) is 31.3 Å². The molecule has 4 nitrogen and oxygen atoms in total. The van der Waals surface area contributed by atoms with E-state index in [9.17, 15) is 9.59 Å². The van der Waals surface area contributed by atoms with E-state index < -0.39 is 0 Å². The number of carbonyl (C=O) groups is 2. The minimum Gasteiger partial charge on any atom is -0.345 e. The molecule has 0 spiro atoms. The highest BCUT2D eigenvalue weighted by molar-refractivity contribution is 5.94. The van der Waals surface area contributed by atoms with Crippen molar-refractivity contribution >= 4 is 11.8 Å². The first-order valence-electron chi connectivity index (χ1n) is 6.66. The summed E-state index contributed by atoms with van der Waals surface area (Å²) in [6.07, 6.45) is 0.641. The van der Waals surface area contributed by atoms with E-state index in [1.807, 2.05) is 13.0 Å². The summed E-state index contributed by atoms with van der Waals surface area (Å²) in [7, 11) is 0. The lowest BCUT2D eigenvalue weighted by Gasteiger charge is -2.34. The summed E-state index contributed by atoms with van der Waals surface area (Å²) in [6.45, 7) is 6.66. The summed E-state index contributed by atoms with van der Waals surface area (Å²) in [5.74, 6) is -0.0596. The summed E-state index contributed by atoms with van der Waals surface area (Å²) in [5.41, 5.74) is 3.52. The van der Waals surface area contributed by atoms with Gasteiger partial charge in [-0.1, -0.05) is 25.1 Å². The van der Waals surface area contributed by atoms with E-state index in [1.54, 1.807) is 4.90 Å². The van der Waals surface area contributed by atoms with Crippen LogP contribution in [0.15, 0.2) is 18.2 Å². The number of rotatable bonds is 3. The van der Waals surface area contributed by atoms with Crippen LogP contribution in [0, 0.1) is 13.8 Å². The maximum atomic E-state index is 12.0. The van der Waals surface area contributed by atoms with Crippen LogP contribution < -0.4 is 5.32 Å². The zero-order chi connectivity index (χ0) is 14.0. The average molecular weight is 260 g/mol. The topological polar surface area (TPSA) is 49.4 Å². The van der Waals surface area contributed by atoms with Gasteiger partial charge < -0.3 is 10.2 Å². The molecule has 4 heteroatoms. The molecular weight excluding hydrogens is 240 g/mol. The summed E-state index contributed by atoms with van der Waals surface area (Å²) >= 11 is 0. The first-order chi connectivity index (χ1) is 9.02. The van der Waals surface area contributed by atoms with Gasteiger partial charge in [0.15, 0.2) is 0 Å². The quantitative estimate of drug-likeness (QED) is 0.896. The van der Waals surface area contributed by atoms with Crippen LogP contribution in [0.2, 0.25) is 0 Å². The van der Waals surface area contributed by atoms with Gasteiger partial charge in [-0.15, -0.1) is 0 Å². The zero-order valence-electron chi connectivity index (χ0n) is 11.7. The molecule has 1 unspecified atom stereocenters. The van der Waals surface area contributed by atoms with Crippen molar-refractivity contribution in [2.75, 3.05) is 6.54 Å². The van der Waals surface area contributed by atoms with Gasteiger partial charge in [0, 0.05) is 6.54 Å². The summed E-state index contributed by atoms with van der Waals surface area (Å²) in [5, 5.41) is 2.64. The fourth-order valence-electron chi connectivity index (χ4n) is 2.40. The Morgan fingerprint density at radius 1 is 1.26 bits per heavy atom. The molecule has 1 heterocycles. The molecule has 1 saturated heterocycles. The van der Waals surface area contributed by atoms with Gasteiger partial charge in [-0.3, -0.25) is 9.59 Å². The van der Waals surface area contributed by atoms with E-state index in [1.165, 1.54) is 11.1 Å². The molecule has 2 amide bonds. The molecule has 1 atom stereocenters. The zero-order valence-corrected chi connectivity index (χ0v) is 11.7. The highest BCUT2D eigenvalue weighted by Gasteiger charge is 2.32. The maximum Gasteiger partial charge on any atom is 0.243 e. The van der Waals surface area contributed by atoms with Crippen LogP contribution in [0.4, 0.5) is 0 Å². The second kappa shape index (κ2) is 5.43. The Bertz CT molecular complexity index is 511. The highest BCUT2D eigenvalue weighted by Crippen LogP contribution is 2.16. The van der Waals surface area contributed by atoms with E-state index in [-0.39, 0.29) is 24.4 Å². The molecule has 1 aliphatic heterocycles. The van der Waals surface area contributed by atoms with Crippen molar-refractivity contribution in [1.29, 1.82) is 0 Å². The normalized spacial score (nSPS) is 19.5. The van der Waals surface area contributed by atoms with Crippen molar-refractivity contribution in [3.63, 3.8) is 0 Å². The molecule has 0 aliphatic carbocycles. The highest BCUT2D eigenvalue weighted by atomic mass is 16.2. The number of piperazine rings is 1. The van der Waals surface area contributed by atoms with Crippen LogP contribution in [0.25, 0.3) is 0 Å². The number of hydrogen-bond donors (Lipinski definition) is 1. The molecule has 0 aromatic heterocycles. The molecule has 1 N–H and O–H groups in total. The molecule has 0 saturated carbocycles. The fourth-order valence-corrected chi connectivity index (χ4v) is 2.40. The van der Waals surface area contributed by atoms with Crippen LogP contribution in [-0.4, -0.2) is 29.3 Å². The maximum absolute atomic E-state index is 12.0. The van der Waals surface area contributed by atoms with Gasteiger partial charge in [0.05, 0.1) is 6.54 Å². The van der Waals surface area contributed by atoms with Crippen LogP contribution in [0.3, 0.4) is 0 Å². The number of hydrogen-bond acceptors (Lipinski definition) is 2. The van der Waals surface area contributed by atoms with Crippen molar-refractivity contribution in [2.45, 2.75) is 39.8 Å². The van der Waals surface area contributed by atoms with E-state index in [0.717, 1.165) is 5.56 Å². The van der Waals surface area contributed by atoms with Gasteiger partial charge in [-0.2, -0.15) is 0 Å². The molecule has 0 radical (unpaired) electrons. The number of nitrogens with one attached hydrogen (secondary N) is 1. The standard InChI is InChI=1S/C15H20N2O2/c1-4-13-15(19)16-8-14(18)17(13)9-12-6-5-10(2)11(3)7-12/h5-7,13H,4,8-9H2,1-3H3,(H,16,19). The van der Waals surface area contributed by atoms with E-state index in [0.29, 0.717) is 13.0 Å². The molecule has 2 rings (SSSR count). The largest absolute Gasteiger partial charge is 0.345 e. The Labute approximate surface area is 113 Å². The number of nitrogens with zero attached hydrogens (tertiary/aromatic N) is 1. The molecule has 1 aromatic rings. The Balaban J connectivity index is 2.21. The second-order valence-corrected chi connectivity index (χ2v) is 5.08. The lowest BCUT2D eigenvalue weighted by atomic mass is 10.0. The summed E-state index contributed by atoms with van der Waals surface area (Å²) < 4.78 is 0. The van der Waals surface area contributed by atoms with Gasteiger partial charge in [0.2, 0.25) is 11.8 Å². The third kappa shape index (κ3) is 2.78. The minimum absolute atomic E-state index is 0.00956. The van der Waals surface area contributed by atoms with Gasteiger partial charge in [0.1, 0.15) is 6.04 Å². The monoisotopic (exact) mass is 260 g/mol. The SMILES string of the molecule is CCC1C(=O)NCC(=O)N1Cc1ccc(C)c(C)c1. The Kier molecular flexibility index (Phi) is 3.88. The Morgan fingerprint density at radius 2 is 2.00 bits per heavy atom. The Hall–Kier alpha value is -1.84. The minimum atomic E-state index is -0.345. The summed E-state index contributed by atoms with van der Waals surface area (Å²) in [4.78, 5) is 25.4. The van der Waals surface area contributed by atoms with Crippen molar-refractivity contribution < 1.29 is 9.59 Å². The predicted octanol–water partition coefficient (Wildman–Crippen LogP) is 1.54. The van der Waals surface area contributed by atoms with Crippen molar-refractivity contribution in [3.8, 4) is 0 Å². The lowest BCUT2D eigenvalue weighted by Crippen LogP contribution is -2.57. The molecule has 0 bridgehead atoms. The molecular formula is C15H20N2O2. The molecule has 1 fully saturated rings. The van der Waals surface area contributed by atoms with Gasteiger partial charge in [-0.25, -0.2) is 0 Å².